The highest BCUT2D eigenvalue weighted by molar-refractivity contribution is 8.00. The summed E-state index contributed by atoms with van der Waals surface area (Å²) in [6.07, 6.45) is 4.36. The Kier molecular flexibility index (Phi) is 6.48. The molecule has 2 rings (SSSR count). The van der Waals surface area contributed by atoms with Crippen LogP contribution in [0.25, 0.3) is 0 Å². The molecule has 2 aromatic heterocycles. The van der Waals surface area contributed by atoms with Gasteiger partial charge in [0.05, 0.1) is 6.54 Å². The number of carbonyl (C=O) groups is 1. The Bertz CT molecular complexity index is 542. The Balaban J connectivity index is 1.55. The first-order chi connectivity index (χ1) is 10.3. The van der Waals surface area contributed by atoms with Crippen molar-refractivity contribution in [2.24, 2.45) is 0 Å². The van der Waals surface area contributed by atoms with E-state index < -0.39 is 0 Å². The minimum absolute atomic E-state index is 0.181. The molecule has 0 spiro atoms. The number of thioether (sulfide) groups is 1. The monoisotopic (exact) mass is 326 g/mol. The van der Waals surface area contributed by atoms with Gasteiger partial charge in [-0.25, -0.2) is 9.78 Å². The zero-order valence-electron chi connectivity index (χ0n) is 11.8. The van der Waals surface area contributed by atoms with E-state index in [9.17, 15) is 4.79 Å². The Labute approximate surface area is 131 Å². The molecule has 0 saturated carbocycles. The summed E-state index contributed by atoms with van der Waals surface area (Å²) in [5.41, 5.74) is 0. The average molecular weight is 326 g/mol. The number of aryl methyl sites for hydroxylation is 1. The van der Waals surface area contributed by atoms with Gasteiger partial charge in [-0.05, 0) is 13.3 Å². The first-order valence-electron chi connectivity index (χ1n) is 6.70. The van der Waals surface area contributed by atoms with Gasteiger partial charge in [0.15, 0.2) is 5.82 Å². The quantitative estimate of drug-likeness (QED) is 0.570. The highest BCUT2D eigenvalue weighted by atomic mass is 32.2. The van der Waals surface area contributed by atoms with E-state index >= 15 is 0 Å². The van der Waals surface area contributed by atoms with Crippen molar-refractivity contribution in [1.29, 1.82) is 0 Å². The van der Waals surface area contributed by atoms with Crippen molar-refractivity contribution in [2.75, 3.05) is 12.3 Å². The molecule has 0 radical (unpaired) electrons. The molecule has 2 heterocycles. The molecule has 2 amide bonds. The standard InChI is InChI=1S/C12H18N6OS2/c1-2-18-9-16-17-10(18)8-15-11(19)13-4-3-6-20-12-14-5-7-21-12/h5,7,9H,2-4,6,8H2,1H3,(H2,13,15,19). The number of amides is 2. The van der Waals surface area contributed by atoms with Crippen molar-refractivity contribution in [3.63, 3.8) is 0 Å². The zero-order chi connectivity index (χ0) is 14.9. The lowest BCUT2D eigenvalue weighted by atomic mass is 10.5. The molecule has 0 fully saturated rings. The van der Waals surface area contributed by atoms with Crippen LogP contribution in [0.3, 0.4) is 0 Å². The summed E-state index contributed by atoms with van der Waals surface area (Å²) in [4.78, 5) is 15.8. The largest absolute Gasteiger partial charge is 0.338 e. The van der Waals surface area contributed by atoms with E-state index in [4.69, 9.17) is 0 Å². The Morgan fingerprint density at radius 1 is 1.48 bits per heavy atom. The number of nitrogens with zero attached hydrogens (tertiary/aromatic N) is 4. The number of hydrogen-bond donors (Lipinski definition) is 2. The molecule has 0 bridgehead atoms. The number of rotatable bonds is 8. The lowest BCUT2D eigenvalue weighted by molar-refractivity contribution is 0.240. The molecule has 0 unspecified atom stereocenters. The van der Waals surface area contributed by atoms with Crippen molar-refractivity contribution < 1.29 is 4.79 Å². The fraction of sp³-hybridized carbons (Fsp3) is 0.500. The number of carbonyl (C=O) groups excluding carboxylic acids is 1. The van der Waals surface area contributed by atoms with Crippen LogP contribution in [0.4, 0.5) is 4.79 Å². The molecular formula is C12H18N6OS2. The van der Waals surface area contributed by atoms with Gasteiger partial charge in [-0.2, -0.15) is 0 Å². The van der Waals surface area contributed by atoms with Gasteiger partial charge in [0.25, 0.3) is 0 Å². The van der Waals surface area contributed by atoms with Crippen LogP contribution in [-0.4, -0.2) is 38.1 Å². The Morgan fingerprint density at radius 2 is 2.38 bits per heavy atom. The van der Waals surface area contributed by atoms with Gasteiger partial charge in [0.2, 0.25) is 0 Å². The number of aromatic nitrogens is 4. The topological polar surface area (TPSA) is 84.7 Å². The van der Waals surface area contributed by atoms with Gasteiger partial charge < -0.3 is 15.2 Å². The predicted molar refractivity (Wildman–Crippen MR) is 83.4 cm³/mol. The molecule has 0 aliphatic rings. The number of hydrogen-bond acceptors (Lipinski definition) is 6. The van der Waals surface area contributed by atoms with E-state index in [0.717, 1.165) is 28.9 Å². The van der Waals surface area contributed by atoms with Gasteiger partial charge in [-0.1, -0.05) is 11.8 Å². The van der Waals surface area contributed by atoms with E-state index in [1.54, 1.807) is 35.6 Å². The molecule has 0 aliphatic heterocycles. The van der Waals surface area contributed by atoms with Gasteiger partial charge >= 0.3 is 6.03 Å². The average Bonchev–Trinajstić information content (AvgIpc) is 3.15. The van der Waals surface area contributed by atoms with Gasteiger partial charge in [-0.15, -0.1) is 21.5 Å². The second-order valence-electron chi connectivity index (χ2n) is 4.14. The van der Waals surface area contributed by atoms with Crippen LogP contribution in [0.2, 0.25) is 0 Å². The summed E-state index contributed by atoms with van der Waals surface area (Å²) in [5, 5.41) is 15.3. The first-order valence-corrected chi connectivity index (χ1v) is 8.56. The zero-order valence-corrected chi connectivity index (χ0v) is 13.4. The molecule has 21 heavy (non-hydrogen) atoms. The number of nitrogens with one attached hydrogen (secondary N) is 2. The summed E-state index contributed by atoms with van der Waals surface area (Å²) in [6.45, 7) is 3.82. The molecule has 0 saturated heterocycles. The van der Waals surface area contributed by atoms with Gasteiger partial charge in [0, 0.05) is 30.4 Å². The van der Waals surface area contributed by atoms with Crippen molar-refractivity contribution in [1.82, 2.24) is 30.4 Å². The van der Waals surface area contributed by atoms with Crippen molar-refractivity contribution in [3.8, 4) is 0 Å². The minimum atomic E-state index is -0.181. The molecule has 114 valence electrons. The fourth-order valence-electron chi connectivity index (χ4n) is 1.62. The SMILES string of the molecule is CCn1cnnc1CNC(=O)NCCCSc1nccs1. The molecule has 0 atom stereocenters. The molecular weight excluding hydrogens is 308 g/mol. The smallest absolute Gasteiger partial charge is 0.315 e. The third-order valence-electron chi connectivity index (χ3n) is 2.69. The number of thiazole rings is 1. The summed E-state index contributed by atoms with van der Waals surface area (Å²) in [6, 6.07) is -0.181. The summed E-state index contributed by atoms with van der Waals surface area (Å²) >= 11 is 3.34. The molecule has 0 aliphatic carbocycles. The third kappa shape index (κ3) is 5.35. The fourth-order valence-corrected chi connectivity index (χ4v) is 3.26. The van der Waals surface area contributed by atoms with E-state index in [0.29, 0.717) is 13.1 Å². The second-order valence-corrected chi connectivity index (χ2v) is 6.38. The maximum Gasteiger partial charge on any atom is 0.315 e. The van der Waals surface area contributed by atoms with Crippen LogP contribution >= 0.6 is 23.1 Å². The minimum Gasteiger partial charge on any atom is -0.338 e. The van der Waals surface area contributed by atoms with Crippen LogP contribution in [0.15, 0.2) is 22.2 Å². The van der Waals surface area contributed by atoms with Crippen molar-refractivity contribution >= 4 is 29.1 Å². The number of urea groups is 1. The van der Waals surface area contributed by atoms with Crippen LogP contribution in [0.5, 0.6) is 0 Å². The van der Waals surface area contributed by atoms with Gasteiger partial charge in [0.1, 0.15) is 10.7 Å². The third-order valence-corrected chi connectivity index (χ3v) is 4.74. The summed E-state index contributed by atoms with van der Waals surface area (Å²) < 4.78 is 2.96. The Hall–Kier alpha value is -1.61. The van der Waals surface area contributed by atoms with Crippen LogP contribution in [0, 0.1) is 0 Å². The molecule has 2 aromatic rings. The summed E-state index contributed by atoms with van der Waals surface area (Å²) in [5.74, 6) is 1.70. The van der Waals surface area contributed by atoms with E-state index in [1.165, 1.54) is 0 Å². The maximum atomic E-state index is 11.6. The highest BCUT2D eigenvalue weighted by Crippen LogP contribution is 2.20. The second kappa shape index (κ2) is 8.63. The van der Waals surface area contributed by atoms with E-state index in [1.807, 2.05) is 16.9 Å². The molecule has 9 heteroatoms. The lowest BCUT2D eigenvalue weighted by Gasteiger charge is -2.07. The normalized spacial score (nSPS) is 10.5. The molecule has 0 aromatic carbocycles. The van der Waals surface area contributed by atoms with Crippen LogP contribution in [-0.2, 0) is 13.1 Å². The maximum absolute atomic E-state index is 11.6. The molecule has 7 nitrogen and oxygen atoms in total. The van der Waals surface area contributed by atoms with Gasteiger partial charge in [-0.3, -0.25) is 0 Å². The predicted octanol–water partition coefficient (Wildman–Crippen LogP) is 1.74. The lowest BCUT2D eigenvalue weighted by Crippen LogP contribution is -2.36. The van der Waals surface area contributed by atoms with Crippen molar-refractivity contribution in [3.05, 3.63) is 23.7 Å². The van der Waals surface area contributed by atoms with Crippen LogP contribution in [0.1, 0.15) is 19.2 Å². The van der Waals surface area contributed by atoms with E-state index in [2.05, 4.69) is 25.8 Å². The summed E-state index contributed by atoms with van der Waals surface area (Å²) in [7, 11) is 0. The van der Waals surface area contributed by atoms with Crippen molar-refractivity contribution in [2.45, 2.75) is 30.8 Å². The highest BCUT2D eigenvalue weighted by Gasteiger charge is 2.05. The van der Waals surface area contributed by atoms with Crippen LogP contribution < -0.4 is 10.6 Å². The Morgan fingerprint density at radius 3 is 3.14 bits per heavy atom. The molecule has 2 N–H and O–H groups in total. The van der Waals surface area contributed by atoms with E-state index in [-0.39, 0.29) is 6.03 Å². The first kappa shape index (κ1) is 15.8.